The molecule has 3 nitrogen and oxygen atoms in total. The van der Waals surface area contributed by atoms with Crippen molar-refractivity contribution in [2.75, 3.05) is 0 Å². The number of carbonyl (C=O) groups is 1. The van der Waals surface area contributed by atoms with Crippen molar-refractivity contribution in [3.63, 3.8) is 0 Å². The lowest BCUT2D eigenvalue weighted by Crippen LogP contribution is -2.39. The van der Waals surface area contributed by atoms with Gasteiger partial charge in [0.2, 0.25) is 0 Å². The second kappa shape index (κ2) is 6.42. The summed E-state index contributed by atoms with van der Waals surface area (Å²) in [6.07, 6.45) is 7.89. The van der Waals surface area contributed by atoms with Gasteiger partial charge in [-0.15, -0.1) is 0 Å². The Kier molecular flexibility index (Phi) is 4.39. The molecule has 1 aromatic rings. The minimum Gasteiger partial charge on any atom is -0.427 e. The van der Waals surface area contributed by atoms with Crippen molar-refractivity contribution in [2.24, 2.45) is 17.3 Å². The van der Waals surface area contributed by atoms with Crippen molar-refractivity contribution in [1.82, 2.24) is 0 Å². The molecule has 0 aromatic heterocycles. The van der Waals surface area contributed by atoms with Crippen LogP contribution in [-0.4, -0.2) is 17.2 Å². The summed E-state index contributed by atoms with van der Waals surface area (Å²) in [5, 5.41) is 10.2. The standard InChI is InChI=1S/C22H30O3/c1-3-4-21(24)25-16-6-8-17-14(11-16)5-7-19-18(17)9-10-22(2)13-15(23)12-20(19)22/h6,8,11,15,18-20,23H,3-5,7,9-10,12-13H2,1-2H3/t15-,18-,19-,20+,22-/m1/s1. The summed E-state index contributed by atoms with van der Waals surface area (Å²) in [6, 6.07) is 6.28. The number of rotatable bonds is 3. The number of carbonyl (C=O) groups excluding carboxylic acids is 1. The number of aliphatic hydroxyl groups is 1. The first-order chi connectivity index (χ1) is 12.0. The Balaban J connectivity index is 1.56. The average Bonchev–Trinajstić information content (AvgIpc) is 2.88. The van der Waals surface area contributed by atoms with Crippen molar-refractivity contribution in [2.45, 2.75) is 77.2 Å². The van der Waals surface area contributed by atoms with Gasteiger partial charge in [0.05, 0.1) is 6.10 Å². The number of aliphatic hydroxyl groups excluding tert-OH is 1. The summed E-state index contributed by atoms with van der Waals surface area (Å²) in [6.45, 7) is 4.39. The molecular weight excluding hydrogens is 312 g/mol. The quantitative estimate of drug-likeness (QED) is 0.644. The molecule has 0 spiro atoms. The van der Waals surface area contributed by atoms with Crippen molar-refractivity contribution >= 4 is 5.97 Å². The normalized spacial score (nSPS) is 36.3. The summed E-state index contributed by atoms with van der Waals surface area (Å²) in [7, 11) is 0. The Morgan fingerprint density at radius 3 is 3.00 bits per heavy atom. The maximum Gasteiger partial charge on any atom is 0.311 e. The van der Waals surface area contributed by atoms with Crippen molar-refractivity contribution < 1.29 is 14.6 Å². The third-order valence-electron chi connectivity index (χ3n) is 7.13. The van der Waals surface area contributed by atoms with Crippen LogP contribution in [0.15, 0.2) is 18.2 Å². The van der Waals surface area contributed by atoms with Gasteiger partial charge in [-0.25, -0.2) is 0 Å². The molecule has 3 aliphatic rings. The number of esters is 1. The lowest BCUT2D eigenvalue weighted by molar-refractivity contribution is -0.134. The number of hydrogen-bond acceptors (Lipinski definition) is 3. The molecule has 136 valence electrons. The maximum atomic E-state index is 11.8. The van der Waals surface area contributed by atoms with Gasteiger partial charge in [-0.05, 0) is 91.4 Å². The zero-order valence-corrected chi connectivity index (χ0v) is 15.5. The summed E-state index contributed by atoms with van der Waals surface area (Å²) in [4.78, 5) is 11.8. The second-order valence-corrected chi connectivity index (χ2v) is 8.79. The van der Waals surface area contributed by atoms with E-state index in [0.29, 0.717) is 35.3 Å². The fraction of sp³-hybridized carbons (Fsp3) is 0.682. The van der Waals surface area contributed by atoms with Gasteiger partial charge in [0, 0.05) is 6.42 Å². The topological polar surface area (TPSA) is 46.5 Å². The lowest BCUT2D eigenvalue weighted by atomic mass is 9.56. The molecule has 0 radical (unpaired) electrons. The van der Waals surface area contributed by atoms with Crippen LogP contribution in [0, 0.1) is 17.3 Å². The SMILES string of the molecule is CCCC(=O)Oc1ccc2c(c1)CC[C@@H]1[C@@H]2CC[C@]2(C)C[C@H](O)C[C@@H]12. The molecule has 3 aliphatic carbocycles. The molecule has 1 N–H and O–H groups in total. The maximum absolute atomic E-state index is 11.8. The van der Waals surface area contributed by atoms with Gasteiger partial charge in [-0.3, -0.25) is 4.79 Å². The molecule has 2 saturated carbocycles. The van der Waals surface area contributed by atoms with E-state index in [0.717, 1.165) is 25.7 Å². The van der Waals surface area contributed by atoms with Crippen LogP contribution in [0.4, 0.5) is 0 Å². The number of ether oxygens (including phenoxy) is 1. The van der Waals surface area contributed by atoms with E-state index in [1.54, 1.807) is 0 Å². The molecule has 1 aromatic carbocycles. The molecule has 5 atom stereocenters. The second-order valence-electron chi connectivity index (χ2n) is 8.79. The highest BCUT2D eigenvalue weighted by atomic mass is 16.5. The van der Waals surface area contributed by atoms with E-state index in [4.69, 9.17) is 4.74 Å². The molecule has 0 amide bonds. The largest absolute Gasteiger partial charge is 0.427 e. The third-order valence-corrected chi connectivity index (χ3v) is 7.13. The van der Waals surface area contributed by atoms with Crippen LogP contribution in [0.5, 0.6) is 5.75 Å². The predicted molar refractivity (Wildman–Crippen MR) is 97.6 cm³/mol. The molecule has 3 heteroatoms. The van der Waals surface area contributed by atoms with Gasteiger partial charge in [-0.1, -0.05) is 19.9 Å². The molecule has 4 rings (SSSR count). The third kappa shape index (κ3) is 3.01. The van der Waals surface area contributed by atoms with E-state index in [9.17, 15) is 9.90 Å². The Morgan fingerprint density at radius 1 is 1.36 bits per heavy atom. The minimum absolute atomic E-state index is 0.101. The fourth-order valence-corrected chi connectivity index (χ4v) is 6.03. The smallest absolute Gasteiger partial charge is 0.311 e. The van der Waals surface area contributed by atoms with Gasteiger partial charge in [0.1, 0.15) is 5.75 Å². The molecule has 0 aliphatic heterocycles. The fourth-order valence-electron chi connectivity index (χ4n) is 6.03. The van der Waals surface area contributed by atoms with E-state index in [1.807, 2.05) is 13.0 Å². The highest BCUT2D eigenvalue weighted by Gasteiger charge is 2.52. The molecule has 0 saturated heterocycles. The van der Waals surface area contributed by atoms with Crippen molar-refractivity contribution in [1.29, 1.82) is 0 Å². The molecule has 0 unspecified atom stereocenters. The van der Waals surface area contributed by atoms with Gasteiger partial charge in [0.25, 0.3) is 0 Å². The summed E-state index contributed by atoms with van der Waals surface area (Å²) in [5.41, 5.74) is 3.17. The number of aryl methyl sites for hydroxylation is 1. The first-order valence-corrected chi connectivity index (χ1v) is 10.0. The Hall–Kier alpha value is -1.35. The van der Waals surface area contributed by atoms with E-state index in [-0.39, 0.29) is 12.1 Å². The van der Waals surface area contributed by atoms with E-state index in [1.165, 1.54) is 30.4 Å². The summed E-state index contributed by atoms with van der Waals surface area (Å²) < 4.78 is 5.48. The van der Waals surface area contributed by atoms with E-state index in [2.05, 4.69) is 19.1 Å². The van der Waals surface area contributed by atoms with Crippen LogP contribution >= 0.6 is 0 Å². The van der Waals surface area contributed by atoms with Gasteiger partial charge >= 0.3 is 5.97 Å². The van der Waals surface area contributed by atoms with Crippen molar-refractivity contribution in [3.8, 4) is 5.75 Å². The zero-order valence-electron chi connectivity index (χ0n) is 15.5. The Bertz CT molecular complexity index is 667. The van der Waals surface area contributed by atoms with E-state index >= 15 is 0 Å². The van der Waals surface area contributed by atoms with Gasteiger partial charge in [-0.2, -0.15) is 0 Å². The van der Waals surface area contributed by atoms with Crippen LogP contribution in [-0.2, 0) is 11.2 Å². The monoisotopic (exact) mass is 342 g/mol. The van der Waals surface area contributed by atoms with Crippen molar-refractivity contribution in [3.05, 3.63) is 29.3 Å². The van der Waals surface area contributed by atoms with E-state index < -0.39 is 0 Å². The predicted octanol–water partition coefficient (Wildman–Crippen LogP) is 4.61. The van der Waals surface area contributed by atoms with Crippen LogP contribution < -0.4 is 4.74 Å². The average molecular weight is 342 g/mol. The number of hydrogen-bond donors (Lipinski definition) is 1. The molecular formula is C22H30O3. The highest BCUT2D eigenvalue weighted by molar-refractivity contribution is 5.72. The molecule has 0 bridgehead atoms. The first-order valence-electron chi connectivity index (χ1n) is 10.0. The number of fused-ring (bicyclic) bond motifs is 5. The number of benzene rings is 1. The summed E-state index contributed by atoms with van der Waals surface area (Å²) >= 11 is 0. The van der Waals surface area contributed by atoms with Crippen LogP contribution in [0.1, 0.15) is 75.8 Å². The minimum atomic E-state index is -0.135. The van der Waals surface area contributed by atoms with Crippen LogP contribution in [0.25, 0.3) is 0 Å². The van der Waals surface area contributed by atoms with Gasteiger partial charge in [0.15, 0.2) is 0 Å². The highest BCUT2D eigenvalue weighted by Crippen LogP contribution is 2.60. The Morgan fingerprint density at radius 2 is 2.20 bits per heavy atom. The van der Waals surface area contributed by atoms with Crippen LogP contribution in [0.3, 0.4) is 0 Å². The summed E-state index contributed by atoms with van der Waals surface area (Å²) in [5.74, 6) is 2.55. The Labute approximate surface area is 150 Å². The molecule has 2 fully saturated rings. The van der Waals surface area contributed by atoms with Gasteiger partial charge < -0.3 is 9.84 Å². The lowest BCUT2D eigenvalue weighted by Gasteiger charge is -2.49. The first kappa shape index (κ1) is 17.1. The van der Waals surface area contributed by atoms with Crippen LogP contribution in [0.2, 0.25) is 0 Å². The zero-order chi connectivity index (χ0) is 17.6. The molecule has 0 heterocycles. The molecule has 25 heavy (non-hydrogen) atoms.